The number of thiocarbonyl (C=S) groups is 1. The number of nitrogens with one attached hydrogen (secondary N) is 1. The van der Waals surface area contributed by atoms with E-state index in [-0.39, 0.29) is 15.8 Å². The number of benzene rings is 2. The second kappa shape index (κ2) is 8.13. The number of nitrogens with zero attached hydrogens (tertiary/aromatic N) is 1. The van der Waals surface area contributed by atoms with Crippen molar-refractivity contribution in [3.63, 3.8) is 0 Å². The quantitative estimate of drug-likeness (QED) is 0.733. The molecule has 7 nitrogen and oxygen atoms in total. The maximum atomic E-state index is 12.7. The molecule has 2 aromatic carbocycles. The van der Waals surface area contributed by atoms with Crippen LogP contribution in [0.3, 0.4) is 0 Å². The molecule has 1 aliphatic heterocycles. The van der Waals surface area contributed by atoms with Crippen LogP contribution in [0.25, 0.3) is 0 Å². The van der Waals surface area contributed by atoms with Gasteiger partial charge in [0.05, 0.1) is 18.1 Å². The number of hydrogen-bond donors (Lipinski definition) is 2. The third-order valence-corrected chi connectivity index (χ3v) is 6.26. The van der Waals surface area contributed by atoms with E-state index < -0.39 is 10.0 Å². The zero-order chi connectivity index (χ0) is 19.4. The highest BCUT2D eigenvalue weighted by atomic mass is 32.2. The predicted molar refractivity (Wildman–Crippen MR) is 106 cm³/mol. The van der Waals surface area contributed by atoms with Gasteiger partial charge in [-0.05, 0) is 30.3 Å². The third-order valence-electron chi connectivity index (χ3n) is 4.13. The molecule has 0 atom stereocenters. The van der Waals surface area contributed by atoms with Gasteiger partial charge in [0, 0.05) is 29.9 Å². The molecule has 0 saturated carbocycles. The summed E-state index contributed by atoms with van der Waals surface area (Å²) < 4.78 is 32.0. The van der Waals surface area contributed by atoms with Crippen LogP contribution in [-0.2, 0) is 14.8 Å². The number of ether oxygens (including phenoxy) is 1. The molecule has 142 valence electrons. The number of hydrogen-bond acceptors (Lipinski definition) is 5. The molecule has 0 unspecified atom stereocenters. The van der Waals surface area contributed by atoms with Gasteiger partial charge in [-0.15, -0.1) is 0 Å². The second-order valence-electron chi connectivity index (χ2n) is 5.94. The topological polar surface area (TPSA) is 102 Å². The van der Waals surface area contributed by atoms with Crippen molar-refractivity contribution >= 4 is 38.8 Å². The summed E-state index contributed by atoms with van der Waals surface area (Å²) in [7, 11) is -3.63. The van der Waals surface area contributed by atoms with Crippen molar-refractivity contribution < 1.29 is 17.9 Å². The van der Waals surface area contributed by atoms with E-state index in [0.717, 1.165) is 0 Å². The van der Waals surface area contributed by atoms with Crippen LogP contribution >= 0.6 is 12.2 Å². The molecule has 2 aromatic rings. The minimum absolute atomic E-state index is 0.131. The highest BCUT2D eigenvalue weighted by Crippen LogP contribution is 2.21. The number of morpholine rings is 1. The maximum Gasteiger partial charge on any atom is 0.255 e. The van der Waals surface area contributed by atoms with Crippen LogP contribution in [0.4, 0.5) is 5.69 Å². The first-order valence-corrected chi connectivity index (χ1v) is 10.1. The summed E-state index contributed by atoms with van der Waals surface area (Å²) in [6.07, 6.45) is 0. The fourth-order valence-corrected chi connectivity index (χ4v) is 4.25. The van der Waals surface area contributed by atoms with Gasteiger partial charge in [0.2, 0.25) is 10.0 Å². The molecule has 1 fully saturated rings. The summed E-state index contributed by atoms with van der Waals surface area (Å²) in [4.78, 5) is 12.8. The molecule has 9 heteroatoms. The van der Waals surface area contributed by atoms with Crippen LogP contribution in [0.2, 0.25) is 0 Å². The van der Waals surface area contributed by atoms with Gasteiger partial charge < -0.3 is 15.8 Å². The van der Waals surface area contributed by atoms with Gasteiger partial charge in [0.15, 0.2) is 0 Å². The van der Waals surface area contributed by atoms with Crippen LogP contribution in [0.1, 0.15) is 15.9 Å². The van der Waals surface area contributed by atoms with Crippen LogP contribution < -0.4 is 11.1 Å². The zero-order valence-corrected chi connectivity index (χ0v) is 16.1. The summed E-state index contributed by atoms with van der Waals surface area (Å²) in [5.74, 6) is -0.356. The van der Waals surface area contributed by atoms with Gasteiger partial charge in [-0.3, -0.25) is 4.79 Å². The van der Waals surface area contributed by atoms with E-state index in [9.17, 15) is 13.2 Å². The Bertz CT molecular complexity index is 953. The predicted octanol–water partition coefficient (Wildman–Crippen LogP) is 1.59. The van der Waals surface area contributed by atoms with E-state index in [1.165, 1.54) is 16.4 Å². The van der Waals surface area contributed by atoms with Crippen molar-refractivity contribution in [1.82, 2.24) is 4.31 Å². The molecule has 0 aliphatic carbocycles. The van der Waals surface area contributed by atoms with E-state index in [4.69, 9.17) is 22.7 Å². The molecule has 0 aromatic heterocycles. The highest BCUT2D eigenvalue weighted by Gasteiger charge is 2.26. The monoisotopic (exact) mass is 405 g/mol. The number of carbonyl (C=O) groups excluding carboxylic acids is 1. The Hall–Kier alpha value is -2.33. The van der Waals surface area contributed by atoms with Crippen LogP contribution in [-0.4, -0.2) is 49.9 Å². The minimum Gasteiger partial charge on any atom is -0.389 e. The highest BCUT2D eigenvalue weighted by molar-refractivity contribution is 7.89. The van der Waals surface area contributed by atoms with Crippen LogP contribution in [0, 0.1) is 0 Å². The van der Waals surface area contributed by atoms with E-state index in [0.29, 0.717) is 43.1 Å². The van der Waals surface area contributed by atoms with Crippen molar-refractivity contribution in [2.24, 2.45) is 5.73 Å². The normalized spacial score (nSPS) is 15.3. The Morgan fingerprint density at radius 1 is 1.07 bits per heavy atom. The largest absolute Gasteiger partial charge is 0.389 e. The number of amides is 1. The average molecular weight is 406 g/mol. The standard InChI is InChI=1S/C18H19N3O4S2/c19-17(26)13-4-6-14(7-5-13)18(22)20-15-2-1-3-16(12-15)27(23,24)21-8-10-25-11-9-21/h1-7,12H,8-11H2,(H2,19,26)(H,20,22). The number of nitrogens with two attached hydrogens (primary N) is 1. The van der Waals surface area contributed by atoms with Crippen molar-refractivity contribution in [1.29, 1.82) is 0 Å². The van der Waals surface area contributed by atoms with Crippen LogP contribution in [0.15, 0.2) is 53.4 Å². The second-order valence-corrected chi connectivity index (χ2v) is 8.32. The van der Waals surface area contributed by atoms with Crippen LogP contribution in [0.5, 0.6) is 0 Å². The zero-order valence-electron chi connectivity index (χ0n) is 14.4. The fraction of sp³-hybridized carbons (Fsp3) is 0.222. The number of sulfonamides is 1. The lowest BCUT2D eigenvalue weighted by Gasteiger charge is -2.26. The molecule has 1 heterocycles. The first-order chi connectivity index (χ1) is 12.9. The molecule has 3 rings (SSSR count). The fourth-order valence-electron chi connectivity index (χ4n) is 2.66. The first kappa shape index (κ1) is 19.4. The van der Waals surface area contributed by atoms with Crippen molar-refractivity contribution in [3.05, 3.63) is 59.7 Å². The smallest absolute Gasteiger partial charge is 0.255 e. The molecule has 0 bridgehead atoms. The molecular formula is C18H19N3O4S2. The molecule has 0 spiro atoms. The summed E-state index contributed by atoms with van der Waals surface area (Å²) in [5.41, 5.74) is 7.02. The summed E-state index contributed by atoms with van der Waals surface area (Å²) in [5, 5.41) is 2.71. The molecule has 27 heavy (non-hydrogen) atoms. The lowest BCUT2D eigenvalue weighted by Crippen LogP contribution is -2.40. The average Bonchev–Trinajstić information content (AvgIpc) is 2.69. The molecule has 3 N–H and O–H groups in total. The van der Waals surface area contributed by atoms with E-state index in [2.05, 4.69) is 5.32 Å². The Kier molecular flexibility index (Phi) is 5.85. The van der Waals surface area contributed by atoms with E-state index >= 15 is 0 Å². The summed E-state index contributed by atoms with van der Waals surface area (Å²) >= 11 is 4.89. The summed E-state index contributed by atoms with van der Waals surface area (Å²) in [6.45, 7) is 1.37. The van der Waals surface area contributed by atoms with Gasteiger partial charge in [-0.2, -0.15) is 4.31 Å². The maximum absolute atomic E-state index is 12.7. The van der Waals surface area contributed by atoms with Crippen molar-refractivity contribution in [3.8, 4) is 0 Å². The Balaban J connectivity index is 1.77. The number of carbonyl (C=O) groups is 1. The first-order valence-electron chi connectivity index (χ1n) is 8.27. The van der Waals surface area contributed by atoms with Gasteiger partial charge in [0.25, 0.3) is 5.91 Å². The number of rotatable bonds is 5. The van der Waals surface area contributed by atoms with Gasteiger partial charge >= 0.3 is 0 Å². The Morgan fingerprint density at radius 3 is 2.33 bits per heavy atom. The summed E-state index contributed by atoms with van der Waals surface area (Å²) in [6, 6.07) is 12.7. The number of anilines is 1. The molecular weight excluding hydrogens is 386 g/mol. The molecule has 1 aliphatic rings. The van der Waals surface area contributed by atoms with E-state index in [1.807, 2.05) is 0 Å². The molecule has 1 amide bonds. The third kappa shape index (κ3) is 4.51. The van der Waals surface area contributed by atoms with Crippen molar-refractivity contribution in [2.45, 2.75) is 4.90 Å². The van der Waals surface area contributed by atoms with Gasteiger partial charge in [-0.1, -0.05) is 30.4 Å². The molecule has 1 saturated heterocycles. The minimum atomic E-state index is -3.63. The van der Waals surface area contributed by atoms with Gasteiger partial charge in [-0.25, -0.2) is 8.42 Å². The lowest BCUT2D eigenvalue weighted by molar-refractivity contribution is 0.0730. The Morgan fingerprint density at radius 2 is 1.70 bits per heavy atom. The van der Waals surface area contributed by atoms with Gasteiger partial charge in [0.1, 0.15) is 4.99 Å². The van der Waals surface area contributed by atoms with E-state index in [1.54, 1.807) is 36.4 Å². The molecule has 0 radical (unpaired) electrons. The SMILES string of the molecule is NC(=S)c1ccc(C(=O)Nc2cccc(S(=O)(=O)N3CCOCC3)c2)cc1. The van der Waals surface area contributed by atoms with Crippen molar-refractivity contribution in [2.75, 3.05) is 31.6 Å². The lowest BCUT2D eigenvalue weighted by atomic mass is 10.1. The Labute approximate surface area is 163 Å².